The molecule has 2 N–H and O–H groups in total. The average Bonchev–Trinajstić information content (AvgIpc) is 2.58. The molecule has 0 aromatic carbocycles. The molecule has 5 nitrogen and oxygen atoms in total. The van der Waals surface area contributed by atoms with Crippen molar-refractivity contribution in [3.05, 3.63) is 17.8 Å². The normalized spacial score (nSPS) is 12.2. The molecular weight excluding hydrogens is 216 g/mol. The van der Waals surface area contributed by atoms with Gasteiger partial charge in [-0.15, -0.1) is 0 Å². The second-order valence-electron chi connectivity index (χ2n) is 4.82. The highest BCUT2D eigenvalue weighted by Gasteiger charge is 2.21. The van der Waals surface area contributed by atoms with Crippen LogP contribution in [0.2, 0.25) is 0 Å². The van der Waals surface area contributed by atoms with E-state index in [2.05, 4.69) is 9.97 Å². The predicted octanol–water partition coefficient (Wildman–Crippen LogP) is 1.75. The van der Waals surface area contributed by atoms with Crippen molar-refractivity contribution >= 4 is 17.1 Å². The smallest absolute Gasteiger partial charge is 0.202 e. The van der Waals surface area contributed by atoms with Crippen LogP contribution in [0.15, 0.2) is 12.3 Å². The topological polar surface area (TPSA) is 66.0 Å². The monoisotopic (exact) mass is 234 g/mol. The highest BCUT2D eigenvalue weighted by Crippen LogP contribution is 2.22. The van der Waals surface area contributed by atoms with Gasteiger partial charge in [0.25, 0.3) is 0 Å². The number of anilines is 1. The summed E-state index contributed by atoms with van der Waals surface area (Å²) >= 11 is 0. The van der Waals surface area contributed by atoms with Crippen LogP contribution < -0.4 is 5.73 Å². The summed E-state index contributed by atoms with van der Waals surface area (Å²) in [6, 6.07) is 1.93. The Hall–Kier alpha value is -1.62. The van der Waals surface area contributed by atoms with Gasteiger partial charge in [0, 0.05) is 13.3 Å². The molecule has 2 rings (SSSR count). The van der Waals surface area contributed by atoms with Gasteiger partial charge in [-0.2, -0.15) is 0 Å². The summed E-state index contributed by atoms with van der Waals surface area (Å²) < 4.78 is 7.31. The first kappa shape index (κ1) is 11.9. The average molecular weight is 234 g/mol. The number of ether oxygens (including phenoxy) is 1. The van der Waals surface area contributed by atoms with Crippen LogP contribution in [0.3, 0.4) is 0 Å². The fourth-order valence-electron chi connectivity index (χ4n) is 1.76. The molecule has 0 unspecified atom stereocenters. The van der Waals surface area contributed by atoms with Crippen molar-refractivity contribution in [3.63, 3.8) is 0 Å². The second kappa shape index (κ2) is 4.00. The molecule has 0 radical (unpaired) electrons. The molecule has 0 amide bonds. The molecule has 0 bridgehead atoms. The Morgan fingerprint density at radius 3 is 2.82 bits per heavy atom. The Morgan fingerprint density at radius 2 is 2.18 bits per heavy atom. The molecule has 92 valence electrons. The lowest BCUT2D eigenvalue weighted by molar-refractivity contribution is 0.00936. The molecule has 17 heavy (non-hydrogen) atoms. The molecule has 2 heterocycles. The van der Waals surface area contributed by atoms with Crippen molar-refractivity contribution < 1.29 is 4.74 Å². The number of nitrogens with two attached hydrogens (primary N) is 1. The van der Waals surface area contributed by atoms with Gasteiger partial charge >= 0.3 is 0 Å². The van der Waals surface area contributed by atoms with Crippen molar-refractivity contribution in [2.45, 2.75) is 32.9 Å². The van der Waals surface area contributed by atoms with Gasteiger partial charge in [-0.05, 0) is 32.4 Å². The molecule has 2 aromatic heterocycles. The molecule has 0 fully saturated rings. The minimum atomic E-state index is -0.298. The van der Waals surface area contributed by atoms with Crippen molar-refractivity contribution in [3.8, 4) is 0 Å². The number of hydrogen-bond acceptors (Lipinski definition) is 4. The number of fused-ring (bicyclic) bond motifs is 1. The molecule has 0 aliphatic heterocycles. The number of pyridine rings is 1. The van der Waals surface area contributed by atoms with E-state index in [4.69, 9.17) is 10.5 Å². The van der Waals surface area contributed by atoms with Gasteiger partial charge in [-0.1, -0.05) is 0 Å². The highest BCUT2D eigenvalue weighted by atomic mass is 16.5. The summed E-state index contributed by atoms with van der Waals surface area (Å²) in [6.07, 6.45) is 1.77. The van der Waals surface area contributed by atoms with E-state index in [1.165, 1.54) is 0 Å². The van der Waals surface area contributed by atoms with Gasteiger partial charge in [-0.25, -0.2) is 9.97 Å². The first-order valence-corrected chi connectivity index (χ1v) is 5.57. The molecule has 0 spiro atoms. The standard InChI is InChI=1S/C12H18N4O/c1-8-5-6-14-10-9(8)15-11(13)16(10)7-12(2,3)17-4/h5-6H,7H2,1-4H3,(H2,13,15). The van der Waals surface area contributed by atoms with E-state index in [1.54, 1.807) is 13.3 Å². The number of imidazole rings is 1. The molecule has 0 atom stereocenters. The maximum atomic E-state index is 5.94. The summed E-state index contributed by atoms with van der Waals surface area (Å²) in [6.45, 7) is 6.65. The van der Waals surface area contributed by atoms with E-state index in [1.807, 2.05) is 31.4 Å². The van der Waals surface area contributed by atoms with Crippen molar-refractivity contribution in [2.24, 2.45) is 0 Å². The zero-order valence-corrected chi connectivity index (χ0v) is 10.7. The summed E-state index contributed by atoms with van der Waals surface area (Å²) in [5.74, 6) is 0.479. The lowest BCUT2D eigenvalue weighted by Gasteiger charge is -2.23. The molecule has 0 aliphatic carbocycles. The Morgan fingerprint density at radius 1 is 1.47 bits per heavy atom. The van der Waals surface area contributed by atoms with Crippen LogP contribution in [0.4, 0.5) is 5.95 Å². The SMILES string of the molecule is COC(C)(C)Cn1c(N)nc2c(C)ccnc21. The van der Waals surface area contributed by atoms with Crippen LogP contribution >= 0.6 is 0 Å². The van der Waals surface area contributed by atoms with Crippen LogP contribution in [0.25, 0.3) is 11.2 Å². The van der Waals surface area contributed by atoms with E-state index < -0.39 is 0 Å². The minimum absolute atomic E-state index is 0.298. The Bertz CT molecular complexity index is 545. The van der Waals surface area contributed by atoms with E-state index >= 15 is 0 Å². The van der Waals surface area contributed by atoms with Crippen LogP contribution in [0.5, 0.6) is 0 Å². The largest absolute Gasteiger partial charge is 0.377 e. The number of rotatable bonds is 3. The molecule has 5 heteroatoms. The highest BCUT2D eigenvalue weighted by molar-refractivity contribution is 5.77. The van der Waals surface area contributed by atoms with Crippen LogP contribution in [0.1, 0.15) is 19.4 Å². The predicted molar refractivity (Wildman–Crippen MR) is 67.8 cm³/mol. The Kier molecular flexibility index (Phi) is 2.79. The van der Waals surface area contributed by atoms with Gasteiger partial charge < -0.3 is 10.5 Å². The van der Waals surface area contributed by atoms with Gasteiger partial charge in [0.2, 0.25) is 5.95 Å². The first-order chi connectivity index (χ1) is 7.94. The Balaban J connectivity index is 2.54. The minimum Gasteiger partial charge on any atom is -0.377 e. The summed E-state index contributed by atoms with van der Waals surface area (Å²) in [5, 5.41) is 0. The zero-order chi connectivity index (χ0) is 12.6. The van der Waals surface area contributed by atoms with E-state index in [0.29, 0.717) is 12.5 Å². The quantitative estimate of drug-likeness (QED) is 0.878. The van der Waals surface area contributed by atoms with E-state index in [9.17, 15) is 0 Å². The van der Waals surface area contributed by atoms with Crippen LogP contribution in [0, 0.1) is 6.92 Å². The number of hydrogen-bond donors (Lipinski definition) is 1. The number of aryl methyl sites for hydroxylation is 1. The number of aromatic nitrogens is 3. The molecular formula is C12H18N4O. The number of nitrogen functional groups attached to an aromatic ring is 1. The van der Waals surface area contributed by atoms with Crippen molar-refractivity contribution in [2.75, 3.05) is 12.8 Å². The van der Waals surface area contributed by atoms with Gasteiger partial charge in [0.1, 0.15) is 5.52 Å². The lowest BCUT2D eigenvalue weighted by atomic mass is 10.1. The van der Waals surface area contributed by atoms with Gasteiger partial charge in [-0.3, -0.25) is 4.57 Å². The van der Waals surface area contributed by atoms with Crippen LogP contribution in [-0.4, -0.2) is 27.2 Å². The fourth-order valence-corrected chi connectivity index (χ4v) is 1.76. The van der Waals surface area contributed by atoms with E-state index in [0.717, 1.165) is 16.7 Å². The third kappa shape index (κ3) is 2.10. The van der Waals surface area contributed by atoms with Gasteiger partial charge in [0.05, 0.1) is 12.1 Å². The third-order valence-corrected chi connectivity index (χ3v) is 2.96. The number of methoxy groups -OCH3 is 1. The Labute approximate surface area is 101 Å². The maximum absolute atomic E-state index is 5.94. The van der Waals surface area contributed by atoms with Crippen molar-refractivity contribution in [1.82, 2.24) is 14.5 Å². The summed E-state index contributed by atoms with van der Waals surface area (Å²) in [5.41, 5.74) is 8.39. The lowest BCUT2D eigenvalue weighted by Crippen LogP contribution is -2.29. The molecule has 0 saturated carbocycles. The first-order valence-electron chi connectivity index (χ1n) is 5.57. The van der Waals surface area contributed by atoms with Crippen LogP contribution in [-0.2, 0) is 11.3 Å². The number of nitrogens with zero attached hydrogens (tertiary/aromatic N) is 3. The molecule has 0 aliphatic rings. The fraction of sp³-hybridized carbons (Fsp3) is 0.500. The molecule has 0 saturated heterocycles. The summed E-state index contributed by atoms with van der Waals surface area (Å²) in [7, 11) is 1.69. The zero-order valence-electron chi connectivity index (χ0n) is 10.7. The van der Waals surface area contributed by atoms with Crippen molar-refractivity contribution in [1.29, 1.82) is 0 Å². The second-order valence-corrected chi connectivity index (χ2v) is 4.82. The third-order valence-electron chi connectivity index (χ3n) is 2.96. The maximum Gasteiger partial charge on any atom is 0.202 e. The van der Waals surface area contributed by atoms with Gasteiger partial charge in [0.15, 0.2) is 5.65 Å². The van der Waals surface area contributed by atoms with E-state index in [-0.39, 0.29) is 5.60 Å². The molecule has 2 aromatic rings. The summed E-state index contributed by atoms with van der Waals surface area (Å²) in [4.78, 5) is 8.70.